The van der Waals surface area contributed by atoms with E-state index < -0.39 is 23.8 Å². The second kappa shape index (κ2) is 7.69. The number of halogens is 3. The molecule has 0 aliphatic rings. The number of carboxylic acids is 1. The molecule has 24 heavy (non-hydrogen) atoms. The molecule has 8 heteroatoms. The Morgan fingerprint density at radius 3 is 1.79 bits per heavy atom. The molecule has 0 saturated heterocycles. The summed E-state index contributed by atoms with van der Waals surface area (Å²) in [7, 11) is 0. The van der Waals surface area contributed by atoms with Gasteiger partial charge in [-0.1, -0.05) is 0 Å². The van der Waals surface area contributed by atoms with Crippen molar-refractivity contribution in [3.8, 4) is 17.2 Å². The summed E-state index contributed by atoms with van der Waals surface area (Å²) in [5.74, 6) is -0.0968. The lowest BCUT2D eigenvalue weighted by Gasteiger charge is -2.11. The smallest absolute Gasteiger partial charge is 0.416 e. The van der Waals surface area contributed by atoms with Crippen LogP contribution in [0.5, 0.6) is 17.2 Å². The number of carboxylic acid groups (broad SMARTS) is 1. The highest BCUT2D eigenvalue weighted by Gasteiger charge is 2.30. The predicted octanol–water partition coefficient (Wildman–Crippen LogP) is 4.51. The lowest BCUT2D eigenvalue weighted by atomic mass is 10.2. The Labute approximate surface area is 136 Å². The van der Waals surface area contributed by atoms with Gasteiger partial charge in [-0.25, -0.2) is 4.79 Å². The van der Waals surface area contributed by atoms with Crippen molar-refractivity contribution in [1.29, 1.82) is 0 Å². The molecule has 0 aromatic heterocycles. The fraction of sp³-hybridized carbons (Fsp3) is 0.188. The van der Waals surface area contributed by atoms with Crippen LogP contribution in [0.1, 0.15) is 12.5 Å². The molecule has 0 fully saturated rings. The topological polar surface area (TPSA) is 90.8 Å². The minimum absolute atomic E-state index is 0. The van der Waals surface area contributed by atoms with Gasteiger partial charge in [-0.05, 0) is 55.5 Å². The summed E-state index contributed by atoms with van der Waals surface area (Å²) in [4.78, 5) is 10.7. The summed E-state index contributed by atoms with van der Waals surface area (Å²) in [5, 5.41) is 8.74. The van der Waals surface area contributed by atoms with Crippen LogP contribution in [0.4, 0.5) is 13.2 Å². The lowest BCUT2D eigenvalue weighted by Crippen LogP contribution is -2.22. The van der Waals surface area contributed by atoms with E-state index >= 15 is 0 Å². The molecule has 0 aliphatic carbocycles. The number of aliphatic carboxylic acids is 1. The van der Waals surface area contributed by atoms with Crippen molar-refractivity contribution in [2.45, 2.75) is 19.2 Å². The molecule has 0 aliphatic heterocycles. The van der Waals surface area contributed by atoms with Crippen LogP contribution in [0.3, 0.4) is 0 Å². The maximum absolute atomic E-state index is 12.5. The van der Waals surface area contributed by atoms with E-state index in [-0.39, 0.29) is 11.9 Å². The van der Waals surface area contributed by atoms with Gasteiger partial charge < -0.3 is 20.7 Å². The third-order valence-electron chi connectivity index (χ3n) is 2.90. The maximum atomic E-state index is 12.5. The fourth-order valence-corrected chi connectivity index (χ4v) is 1.69. The largest absolute Gasteiger partial charge is 0.479 e. The van der Waals surface area contributed by atoms with Crippen LogP contribution in [0.25, 0.3) is 0 Å². The van der Waals surface area contributed by atoms with Crippen LogP contribution >= 0.6 is 0 Å². The molecule has 0 spiro atoms. The molecule has 1 unspecified atom stereocenters. The number of benzene rings is 2. The molecule has 4 N–H and O–H groups in total. The van der Waals surface area contributed by atoms with Crippen molar-refractivity contribution in [3.05, 3.63) is 54.1 Å². The average molecular weight is 343 g/mol. The van der Waals surface area contributed by atoms with Gasteiger partial charge in [0, 0.05) is 0 Å². The van der Waals surface area contributed by atoms with Gasteiger partial charge in [0.25, 0.3) is 0 Å². The van der Waals surface area contributed by atoms with Gasteiger partial charge in [0.15, 0.2) is 6.10 Å². The van der Waals surface area contributed by atoms with E-state index in [1.54, 1.807) is 0 Å². The molecule has 0 bridgehead atoms. The molecule has 0 heterocycles. The highest BCUT2D eigenvalue weighted by atomic mass is 19.4. The number of hydrogen-bond acceptors (Lipinski definition) is 4. The summed E-state index contributed by atoms with van der Waals surface area (Å²) >= 11 is 0. The van der Waals surface area contributed by atoms with Crippen LogP contribution in [-0.2, 0) is 11.0 Å². The zero-order valence-corrected chi connectivity index (χ0v) is 12.7. The van der Waals surface area contributed by atoms with E-state index in [1.807, 2.05) is 0 Å². The SMILES string of the molecule is CC(Oc1ccc(Oc2ccc(C(F)(F)F)cc2)cc1)C(=O)O.N. The molecule has 2 rings (SSSR count). The van der Waals surface area contributed by atoms with Gasteiger partial charge in [0.1, 0.15) is 17.2 Å². The van der Waals surface area contributed by atoms with Gasteiger partial charge in [0.2, 0.25) is 0 Å². The molecule has 2 aromatic rings. The van der Waals surface area contributed by atoms with Crippen LogP contribution in [0.2, 0.25) is 0 Å². The van der Waals surface area contributed by atoms with Crippen LogP contribution in [-0.4, -0.2) is 17.2 Å². The average Bonchev–Trinajstić information content (AvgIpc) is 2.49. The Bertz CT molecular complexity index is 669. The molecule has 2 aromatic carbocycles. The van der Waals surface area contributed by atoms with Crippen LogP contribution < -0.4 is 15.6 Å². The normalized spacial score (nSPS) is 12.0. The van der Waals surface area contributed by atoms with Crippen molar-refractivity contribution in [2.75, 3.05) is 0 Å². The highest BCUT2D eigenvalue weighted by Crippen LogP contribution is 2.31. The Morgan fingerprint density at radius 1 is 0.958 bits per heavy atom. The van der Waals surface area contributed by atoms with Crippen LogP contribution in [0.15, 0.2) is 48.5 Å². The quantitative estimate of drug-likeness (QED) is 0.833. The monoisotopic (exact) mass is 343 g/mol. The van der Waals surface area contributed by atoms with E-state index in [1.165, 1.54) is 43.3 Å². The van der Waals surface area contributed by atoms with Crippen molar-refractivity contribution in [3.63, 3.8) is 0 Å². The summed E-state index contributed by atoms with van der Waals surface area (Å²) in [6.45, 7) is 1.40. The second-order valence-electron chi connectivity index (χ2n) is 4.69. The first-order valence-electron chi connectivity index (χ1n) is 6.60. The van der Waals surface area contributed by atoms with E-state index in [0.717, 1.165) is 12.1 Å². The summed E-state index contributed by atoms with van der Waals surface area (Å²) in [6.07, 6.45) is -5.38. The molecule has 5 nitrogen and oxygen atoms in total. The van der Waals surface area contributed by atoms with E-state index in [9.17, 15) is 18.0 Å². The van der Waals surface area contributed by atoms with Crippen molar-refractivity contribution < 1.29 is 32.5 Å². The molecule has 0 saturated carbocycles. The van der Waals surface area contributed by atoms with E-state index in [0.29, 0.717) is 11.5 Å². The second-order valence-corrected chi connectivity index (χ2v) is 4.69. The van der Waals surface area contributed by atoms with Crippen molar-refractivity contribution in [2.24, 2.45) is 0 Å². The molecular formula is C16H16F3NO4. The van der Waals surface area contributed by atoms with Crippen LogP contribution in [0, 0.1) is 0 Å². The van der Waals surface area contributed by atoms with Gasteiger partial charge in [-0.3, -0.25) is 0 Å². The highest BCUT2D eigenvalue weighted by molar-refractivity contribution is 5.72. The molecule has 130 valence electrons. The van der Waals surface area contributed by atoms with E-state index in [4.69, 9.17) is 14.6 Å². The Balaban J connectivity index is 0.00000288. The molecule has 0 amide bonds. The maximum Gasteiger partial charge on any atom is 0.416 e. The first-order valence-corrected chi connectivity index (χ1v) is 6.60. The first-order chi connectivity index (χ1) is 10.8. The molecular weight excluding hydrogens is 327 g/mol. The number of carbonyl (C=O) groups is 1. The predicted molar refractivity (Wildman–Crippen MR) is 80.7 cm³/mol. The van der Waals surface area contributed by atoms with Crippen molar-refractivity contribution >= 4 is 5.97 Å². The Hall–Kier alpha value is -2.74. The van der Waals surface area contributed by atoms with Gasteiger partial charge >= 0.3 is 12.1 Å². The van der Waals surface area contributed by atoms with E-state index in [2.05, 4.69) is 0 Å². The Kier molecular flexibility index (Phi) is 6.19. The summed E-state index contributed by atoms with van der Waals surface area (Å²) in [6, 6.07) is 10.4. The number of hydrogen-bond donors (Lipinski definition) is 2. The number of alkyl halides is 3. The zero-order valence-electron chi connectivity index (χ0n) is 12.7. The van der Waals surface area contributed by atoms with Gasteiger partial charge in [0.05, 0.1) is 5.56 Å². The summed E-state index contributed by atoms with van der Waals surface area (Å²) in [5.41, 5.74) is -0.753. The third kappa shape index (κ3) is 5.17. The first kappa shape index (κ1) is 19.3. The molecule has 1 atom stereocenters. The lowest BCUT2D eigenvalue weighted by molar-refractivity contribution is -0.144. The summed E-state index contributed by atoms with van der Waals surface area (Å²) < 4.78 is 47.9. The van der Waals surface area contributed by atoms with Crippen molar-refractivity contribution in [1.82, 2.24) is 6.15 Å². The minimum Gasteiger partial charge on any atom is -0.479 e. The standard InChI is InChI=1S/C16H13F3O4.H3N/c1-10(15(20)21)22-12-6-8-14(9-7-12)23-13-4-2-11(3-5-13)16(17,18)19;/h2-10H,1H3,(H,20,21);1H3. The van der Waals surface area contributed by atoms with Gasteiger partial charge in [-0.2, -0.15) is 13.2 Å². The third-order valence-corrected chi connectivity index (χ3v) is 2.90. The number of ether oxygens (including phenoxy) is 2. The fourth-order valence-electron chi connectivity index (χ4n) is 1.69. The Morgan fingerprint density at radius 2 is 1.38 bits per heavy atom. The number of rotatable bonds is 5. The van der Waals surface area contributed by atoms with Gasteiger partial charge in [-0.15, -0.1) is 0 Å². The zero-order chi connectivity index (χ0) is 17.0. The minimum atomic E-state index is -4.39. The molecule has 0 radical (unpaired) electrons.